The number of aliphatic imine (C=N–C) groups is 1. The molecule has 108 valence electrons. The van der Waals surface area contributed by atoms with Gasteiger partial charge in [-0.2, -0.15) is 0 Å². The van der Waals surface area contributed by atoms with E-state index in [0.717, 1.165) is 29.8 Å². The Bertz CT molecular complexity index is 387. The highest BCUT2D eigenvalue weighted by Gasteiger charge is 2.02. The van der Waals surface area contributed by atoms with Gasteiger partial charge in [-0.25, -0.2) is 0 Å². The van der Waals surface area contributed by atoms with Gasteiger partial charge in [-0.05, 0) is 31.4 Å². The molecule has 0 bridgehead atoms. The topological polar surface area (TPSA) is 59.6 Å². The third-order valence-electron chi connectivity index (χ3n) is 2.57. The van der Waals surface area contributed by atoms with Crippen LogP contribution in [-0.4, -0.2) is 25.7 Å². The molecule has 0 amide bonds. The molecule has 0 unspecified atom stereocenters. The summed E-state index contributed by atoms with van der Waals surface area (Å²) in [5.74, 6) is 1.45. The summed E-state index contributed by atoms with van der Waals surface area (Å²) in [7, 11) is 0. The lowest BCUT2D eigenvalue weighted by Gasteiger charge is -2.12. The monoisotopic (exact) mass is 377 g/mol. The van der Waals surface area contributed by atoms with E-state index in [4.69, 9.17) is 10.5 Å². The molecule has 0 atom stereocenters. The maximum atomic E-state index is 5.75. The fraction of sp³-hybridized carbons (Fsp3) is 0.500. The number of nitrogens with two attached hydrogens (primary N) is 1. The number of halogens is 1. The molecule has 19 heavy (non-hydrogen) atoms. The van der Waals surface area contributed by atoms with Crippen LogP contribution in [0.5, 0.6) is 5.75 Å². The van der Waals surface area contributed by atoms with Crippen molar-refractivity contribution in [3.05, 3.63) is 29.3 Å². The number of nitrogens with zero attached hydrogens (tertiary/aromatic N) is 1. The quantitative estimate of drug-likeness (QED) is 0.347. The number of benzene rings is 1. The van der Waals surface area contributed by atoms with E-state index in [9.17, 15) is 0 Å². The highest BCUT2D eigenvalue weighted by molar-refractivity contribution is 14.0. The van der Waals surface area contributed by atoms with Crippen LogP contribution in [-0.2, 0) is 0 Å². The van der Waals surface area contributed by atoms with Gasteiger partial charge in [0.1, 0.15) is 12.4 Å². The first kappa shape index (κ1) is 18.0. The average molecular weight is 377 g/mol. The number of nitrogens with one attached hydrogen (secondary N) is 1. The minimum Gasteiger partial charge on any atom is -0.491 e. The Morgan fingerprint density at radius 1 is 1.32 bits per heavy atom. The van der Waals surface area contributed by atoms with E-state index in [1.54, 1.807) is 0 Å². The molecule has 1 aromatic carbocycles. The lowest BCUT2D eigenvalue weighted by Crippen LogP contribution is -2.34. The van der Waals surface area contributed by atoms with Gasteiger partial charge in [-0.3, -0.25) is 4.99 Å². The predicted octanol–water partition coefficient (Wildman–Crippen LogP) is 2.61. The first-order valence-electron chi connectivity index (χ1n) is 6.38. The minimum absolute atomic E-state index is 0. The number of guanidine groups is 1. The molecule has 0 fully saturated rings. The second-order valence-electron chi connectivity index (χ2n) is 4.26. The summed E-state index contributed by atoms with van der Waals surface area (Å²) in [5.41, 5.74) is 7.99. The van der Waals surface area contributed by atoms with Gasteiger partial charge in [0.15, 0.2) is 5.96 Å². The van der Waals surface area contributed by atoms with Crippen LogP contribution in [0.2, 0.25) is 0 Å². The number of para-hydroxylation sites is 1. The smallest absolute Gasteiger partial charge is 0.188 e. The molecular formula is C14H24IN3O. The van der Waals surface area contributed by atoms with Crippen molar-refractivity contribution in [3.8, 4) is 5.75 Å². The standard InChI is InChI=1S/C14H23N3O.HI/c1-4-8-16-14(15)17-9-10-18-13-11(2)6-5-7-12(13)3;/h5-7H,4,8-10H2,1-3H3,(H3,15,16,17);1H. The molecule has 0 aromatic heterocycles. The summed E-state index contributed by atoms with van der Waals surface area (Å²) in [5, 5.41) is 3.03. The molecular weight excluding hydrogens is 353 g/mol. The first-order chi connectivity index (χ1) is 8.65. The molecule has 0 saturated carbocycles. The van der Waals surface area contributed by atoms with E-state index in [1.807, 2.05) is 32.0 Å². The van der Waals surface area contributed by atoms with Crippen molar-refractivity contribution < 1.29 is 4.74 Å². The summed E-state index contributed by atoms with van der Waals surface area (Å²) < 4.78 is 5.75. The Morgan fingerprint density at radius 2 is 1.95 bits per heavy atom. The minimum atomic E-state index is 0. The van der Waals surface area contributed by atoms with Crippen LogP contribution in [0.15, 0.2) is 23.2 Å². The van der Waals surface area contributed by atoms with Crippen LogP contribution in [0.3, 0.4) is 0 Å². The Hall–Kier alpha value is -0.980. The third-order valence-corrected chi connectivity index (χ3v) is 2.57. The molecule has 0 aliphatic heterocycles. The zero-order chi connectivity index (χ0) is 13.4. The van der Waals surface area contributed by atoms with Gasteiger partial charge < -0.3 is 15.8 Å². The van der Waals surface area contributed by atoms with E-state index in [0.29, 0.717) is 19.1 Å². The van der Waals surface area contributed by atoms with Crippen molar-refractivity contribution in [1.82, 2.24) is 5.32 Å². The normalized spacial score (nSPS) is 10.8. The SMILES string of the molecule is CCCN=C(N)NCCOc1c(C)cccc1C.I. The maximum absolute atomic E-state index is 5.75. The lowest BCUT2D eigenvalue weighted by molar-refractivity contribution is 0.318. The third kappa shape index (κ3) is 6.66. The number of aryl methyl sites for hydroxylation is 2. The Kier molecular flexibility index (Phi) is 9.38. The van der Waals surface area contributed by atoms with Crippen molar-refractivity contribution in [2.24, 2.45) is 10.7 Å². The van der Waals surface area contributed by atoms with Gasteiger partial charge >= 0.3 is 0 Å². The highest BCUT2D eigenvalue weighted by atomic mass is 127. The van der Waals surface area contributed by atoms with Crippen molar-refractivity contribution >= 4 is 29.9 Å². The van der Waals surface area contributed by atoms with E-state index in [1.165, 1.54) is 0 Å². The van der Waals surface area contributed by atoms with Crippen LogP contribution in [0.4, 0.5) is 0 Å². The first-order valence-corrected chi connectivity index (χ1v) is 6.38. The van der Waals surface area contributed by atoms with Gasteiger partial charge in [0.25, 0.3) is 0 Å². The van der Waals surface area contributed by atoms with Gasteiger partial charge in [0, 0.05) is 6.54 Å². The van der Waals surface area contributed by atoms with Crippen LogP contribution < -0.4 is 15.8 Å². The van der Waals surface area contributed by atoms with Crippen LogP contribution >= 0.6 is 24.0 Å². The fourth-order valence-corrected chi connectivity index (χ4v) is 1.65. The van der Waals surface area contributed by atoms with Gasteiger partial charge in [-0.1, -0.05) is 25.1 Å². The van der Waals surface area contributed by atoms with Crippen LogP contribution in [0.25, 0.3) is 0 Å². The van der Waals surface area contributed by atoms with E-state index in [2.05, 4.69) is 17.2 Å². The molecule has 1 rings (SSSR count). The van der Waals surface area contributed by atoms with Crippen LogP contribution in [0.1, 0.15) is 24.5 Å². The zero-order valence-corrected chi connectivity index (χ0v) is 14.2. The second-order valence-corrected chi connectivity index (χ2v) is 4.26. The summed E-state index contributed by atoms with van der Waals surface area (Å²) in [4.78, 5) is 4.15. The van der Waals surface area contributed by atoms with Crippen molar-refractivity contribution in [1.29, 1.82) is 0 Å². The van der Waals surface area contributed by atoms with E-state index < -0.39 is 0 Å². The van der Waals surface area contributed by atoms with E-state index >= 15 is 0 Å². The van der Waals surface area contributed by atoms with Crippen molar-refractivity contribution in [2.75, 3.05) is 19.7 Å². The Balaban J connectivity index is 0.00000324. The molecule has 4 nitrogen and oxygen atoms in total. The fourth-order valence-electron chi connectivity index (χ4n) is 1.65. The molecule has 0 aliphatic carbocycles. The van der Waals surface area contributed by atoms with E-state index in [-0.39, 0.29) is 24.0 Å². The second kappa shape index (κ2) is 9.89. The molecule has 5 heteroatoms. The number of hydrogen-bond donors (Lipinski definition) is 2. The number of ether oxygens (including phenoxy) is 1. The summed E-state index contributed by atoms with van der Waals surface area (Å²) in [6, 6.07) is 6.13. The Morgan fingerprint density at radius 3 is 2.53 bits per heavy atom. The summed E-state index contributed by atoms with van der Waals surface area (Å²) in [6.45, 7) is 8.16. The highest BCUT2D eigenvalue weighted by Crippen LogP contribution is 2.21. The summed E-state index contributed by atoms with van der Waals surface area (Å²) >= 11 is 0. The van der Waals surface area contributed by atoms with Gasteiger partial charge in [0.05, 0.1) is 6.54 Å². The van der Waals surface area contributed by atoms with Crippen molar-refractivity contribution in [3.63, 3.8) is 0 Å². The predicted molar refractivity (Wildman–Crippen MR) is 91.6 cm³/mol. The van der Waals surface area contributed by atoms with Gasteiger partial charge in [-0.15, -0.1) is 24.0 Å². The van der Waals surface area contributed by atoms with Gasteiger partial charge in [0.2, 0.25) is 0 Å². The molecule has 0 spiro atoms. The maximum Gasteiger partial charge on any atom is 0.188 e. The number of hydrogen-bond acceptors (Lipinski definition) is 2. The van der Waals surface area contributed by atoms with Crippen LogP contribution in [0, 0.1) is 13.8 Å². The molecule has 0 saturated heterocycles. The number of rotatable bonds is 6. The molecule has 3 N–H and O–H groups in total. The molecule has 0 radical (unpaired) electrons. The molecule has 0 heterocycles. The summed E-state index contributed by atoms with van der Waals surface area (Å²) in [6.07, 6.45) is 1.00. The molecule has 1 aromatic rings. The largest absolute Gasteiger partial charge is 0.491 e. The van der Waals surface area contributed by atoms with Crippen molar-refractivity contribution in [2.45, 2.75) is 27.2 Å². The lowest BCUT2D eigenvalue weighted by atomic mass is 10.1. The average Bonchev–Trinajstić information content (AvgIpc) is 2.35. The zero-order valence-electron chi connectivity index (χ0n) is 11.9. The molecule has 0 aliphatic rings. The Labute approximate surface area is 132 Å².